The van der Waals surface area contributed by atoms with Gasteiger partial charge in [-0.1, -0.05) is 35.5 Å². The molecule has 0 unspecified atom stereocenters. The van der Waals surface area contributed by atoms with Crippen LogP contribution in [0.1, 0.15) is 61.0 Å². The van der Waals surface area contributed by atoms with Crippen molar-refractivity contribution in [2.24, 2.45) is 0 Å². The summed E-state index contributed by atoms with van der Waals surface area (Å²) < 4.78 is 0. The third-order valence-corrected chi connectivity index (χ3v) is 8.06. The van der Waals surface area contributed by atoms with Gasteiger partial charge in [0.1, 0.15) is 6.04 Å². The highest BCUT2D eigenvalue weighted by atomic mass is 35.5. The van der Waals surface area contributed by atoms with Crippen LogP contribution in [0.2, 0.25) is 5.02 Å². The monoisotopic (exact) mass is 669 g/mol. The number of rotatable bonds is 14. The average Bonchev–Trinajstić information content (AvgIpc) is 2.99. The van der Waals surface area contributed by atoms with E-state index in [1.54, 1.807) is 53.6 Å². The van der Waals surface area contributed by atoms with E-state index in [2.05, 4.69) is 25.5 Å². The standard InChI is InChI=1S/C32H40ClN7O5S/c1-18(2)39(20(5)41)13-14-40(19(3)4)23-11-12-26(34)24(16-23)29(42)37-27(31(44)45)15-21-7-9-22(10-8-21)36-30(43)28-25(33)17-35-32(38-28)46-6/h7-12,16-19,27H,13-15,34H2,1-6H3,(H,36,43)(H,37,42)(H,44,45)/t27-/m0/s1. The first kappa shape index (κ1) is 36.1. The van der Waals surface area contributed by atoms with E-state index >= 15 is 0 Å². The van der Waals surface area contributed by atoms with Gasteiger partial charge in [-0.25, -0.2) is 14.8 Å². The van der Waals surface area contributed by atoms with Crippen molar-refractivity contribution >= 4 is 64.1 Å². The van der Waals surface area contributed by atoms with Crippen molar-refractivity contribution in [2.75, 3.05) is 35.3 Å². The number of nitrogen functional groups attached to an aromatic ring is 1. The summed E-state index contributed by atoms with van der Waals surface area (Å²) in [6, 6.07) is 10.4. The number of amides is 3. The minimum atomic E-state index is -1.25. The minimum absolute atomic E-state index is 0.0160. The number of nitrogens with one attached hydrogen (secondary N) is 2. The van der Waals surface area contributed by atoms with Gasteiger partial charge in [0.2, 0.25) is 5.91 Å². The van der Waals surface area contributed by atoms with Crippen LogP contribution in [0, 0.1) is 0 Å². The van der Waals surface area contributed by atoms with E-state index in [9.17, 15) is 24.3 Å². The first-order valence-electron chi connectivity index (χ1n) is 14.7. The molecule has 0 bridgehead atoms. The lowest BCUT2D eigenvalue weighted by molar-refractivity contribution is -0.139. The average molecular weight is 670 g/mol. The second kappa shape index (κ2) is 16.3. The van der Waals surface area contributed by atoms with Crippen LogP contribution in [0.25, 0.3) is 0 Å². The topological polar surface area (TPSA) is 171 Å². The van der Waals surface area contributed by atoms with E-state index in [0.717, 1.165) is 5.69 Å². The third kappa shape index (κ3) is 9.57. The molecule has 0 saturated heterocycles. The smallest absolute Gasteiger partial charge is 0.326 e. The number of benzene rings is 2. The van der Waals surface area contributed by atoms with E-state index in [-0.39, 0.29) is 46.4 Å². The van der Waals surface area contributed by atoms with Crippen LogP contribution in [-0.2, 0) is 16.0 Å². The van der Waals surface area contributed by atoms with Gasteiger partial charge in [0.25, 0.3) is 11.8 Å². The van der Waals surface area contributed by atoms with Crippen LogP contribution in [0.4, 0.5) is 17.1 Å². The van der Waals surface area contributed by atoms with Crippen molar-refractivity contribution in [3.63, 3.8) is 0 Å². The molecule has 2 aromatic carbocycles. The fourth-order valence-electron chi connectivity index (χ4n) is 4.79. The molecule has 0 saturated carbocycles. The highest BCUT2D eigenvalue weighted by molar-refractivity contribution is 7.98. The molecule has 0 spiro atoms. The Labute approximate surface area is 278 Å². The Bertz CT molecular complexity index is 1570. The van der Waals surface area contributed by atoms with E-state index in [1.807, 2.05) is 27.7 Å². The highest BCUT2D eigenvalue weighted by Crippen LogP contribution is 2.24. The normalized spacial score (nSPS) is 11.7. The number of carboxylic acid groups (broad SMARTS) is 1. The van der Waals surface area contributed by atoms with Crippen LogP contribution in [0.3, 0.4) is 0 Å². The lowest BCUT2D eigenvalue weighted by Crippen LogP contribution is -2.44. The number of aromatic nitrogens is 2. The number of aliphatic carboxylic acids is 1. The molecule has 0 fully saturated rings. The molecule has 3 rings (SSSR count). The summed E-state index contributed by atoms with van der Waals surface area (Å²) in [6.07, 6.45) is 3.13. The van der Waals surface area contributed by atoms with E-state index < -0.39 is 23.8 Å². The first-order chi connectivity index (χ1) is 21.7. The predicted octanol–water partition coefficient (Wildman–Crippen LogP) is 4.58. The van der Waals surface area contributed by atoms with E-state index in [0.29, 0.717) is 29.5 Å². The molecule has 0 radical (unpaired) electrons. The molecule has 5 N–H and O–H groups in total. The van der Waals surface area contributed by atoms with Gasteiger partial charge in [-0.05, 0) is 69.8 Å². The predicted molar refractivity (Wildman–Crippen MR) is 182 cm³/mol. The van der Waals surface area contributed by atoms with Gasteiger partial charge >= 0.3 is 5.97 Å². The van der Waals surface area contributed by atoms with Gasteiger partial charge in [0.15, 0.2) is 10.9 Å². The molecule has 12 nitrogen and oxygen atoms in total. The fourth-order valence-corrected chi connectivity index (χ4v) is 5.31. The Balaban J connectivity index is 1.72. The largest absolute Gasteiger partial charge is 0.480 e. The molecular weight excluding hydrogens is 630 g/mol. The Morgan fingerprint density at radius 2 is 1.67 bits per heavy atom. The maximum absolute atomic E-state index is 13.3. The van der Waals surface area contributed by atoms with Gasteiger partial charge in [0, 0.05) is 55.6 Å². The second-order valence-corrected chi connectivity index (χ2v) is 12.3. The summed E-state index contributed by atoms with van der Waals surface area (Å²) in [5, 5.41) is 15.7. The van der Waals surface area contributed by atoms with E-state index in [4.69, 9.17) is 17.3 Å². The summed E-state index contributed by atoms with van der Waals surface area (Å²) >= 11 is 7.37. The van der Waals surface area contributed by atoms with Crippen molar-refractivity contribution < 1.29 is 24.3 Å². The lowest BCUT2D eigenvalue weighted by Gasteiger charge is -2.33. The van der Waals surface area contributed by atoms with E-state index in [1.165, 1.54) is 24.9 Å². The summed E-state index contributed by atoms with van der Waals surface area (Å²) in [4.78, 5) is 62.3. The van der Waals surface area contributed by atoms with Gasteiger partial charge in [-0.15, -0.1) is 0 Å². The van der Waals surface area contributed by atoms with Gasteiger partial charge < -0.3 is 31.3 Å². The summed E-state index contributed by atoms with van der Waals surface area (Å²) in [5.74, 6) is -2.38. The Hall–Kier alpha value is -4.36. The number of hydrogen-bond acceptors (Lipinski definition) is 9. The number of carbonyl (C=O) groups excluding carboxylic acids is 3. The molecule has 1 atom stereocenters. The van der Waals surface area contributed by atoms with Crippen molar-refractivity contribution in [2.45, 2.75) is 64.3 Å². The van der Waals surface area contributed by atoms with Crippen molar-refractivity contribution in [3.8, 4) is 0 Å². The molecule has 14 heteroatoms. The zero-order chi connectivity index (χ0) is 34.1. The van der Waals surface area contributed by atoms with Crippen LogP contribution in [0.5, 0.6) is 0 Å². The molecule has 246 valence electrons. The van der Waals surface area contributed by atoms with Crippen molar-refractivity contribution in [3.05, 3.63) is 70.5 Å². The molecule has 3 aromatic rings. The van der Waals surface area contributed by atoms with Gasteiger partial charge in [-0.2, -0.15) is 0 Å². The Morgan fingerprint density at radius 1 is 1.00 bits per heavy atom. The summed E-state index contributed by atoms with van der Waals surface area (Å²) in [7, 11) is 0. The number of hydrogen-bond donors (Lipinski definition) is 4. The molecule has 1 aromatic heterocycles. The Kier molecular flexibility index (Phi) is 12.8. The van der Waals surface area contributed by atoms with Gasteiger partial charge in [-0.3, -0.25) is 14.4 Å². The quantitative estimate of drug-likeness (QED) is 0.108. The minimum Gasteiger partial charge on any atom is -0.480 e. The molecule has 3 amide bonds. The van der Waals surface area contributed by atoms with Crippen LogP contribution < -0.4 is 21.3 Å². The zero-order valence-electron chi connectivity index (χ0n) is 26.7. The number of carbonyl (C=O) groups is 4. The molecule has 0 aliphatic carbocycles. The number of anilines is 3. The number of nitrogens with two attached hydrogens (primary N) is 1. The van der Waals surface area contributed by atoms with Crippen LogP contribution in [0.15, 0.2) is 53.8 Å². The SMILES string of the molecule is CSc1ncc(Cl)c(C(=O)Nc2ccc(C[C@H](NC(=O)c3cc(N(CCN(C(C)=O)C(C)C)C(C)C)ccc3N)C(=O)O)cc2)n1. The third-order valence-electron chi connectivity index (χ3n) is 7.22. The fraction of sp³-hybridized carbons (Fsp3) is 0.375. The Morgan fingerprint density at radius 3 is 2.24 bits per heavy atom. The molecule has 46 heavy (non-hydrogen) atoms. The highest BCUT2D eigenvalue weighted by Gasteiger charge is 2.24. The number of thioether (sulfide) groups is 1. The van der Waals surface area contributed by atoms with Crippen molar-refractivity contribution in [1.29, 1.82) is 0 Å². The van der Waals surface area contributed by atoms with Crippen molar-refractivity contribution in [1.82, 2.24) is 20.2 Å². The maximum atomic E-state index is 13.3. The molecule has 0 aliphatic heterocycles. The summed E-state index contributed by atoms with van der Waals surface area (Å²) in [5.41, 5.74) is 8.33. The zero-order valence-corrected chi connectivity index (χ0v) is 28.3. The van der Waals surface area contributed by atoms with Crippen LogP contribution >= 0.6 is 23.4 Å². The first-order valence-corrected chi connectivity index (χ1v) is 16.3. The number of nitrogens with zero attached hydrogens (tertiary/aromatic N) is 4. The number of carboxylic acids is 1. The summed E-state index contributed by atoms with van der Waals surface area (Å²) in [6.45, 7) is 10.5. The molecule has 0 aliphatic rings. The van der Waals surface area contributed by atoms with Crippen LogP contribution in [-0.4, -0.2) is 81.1 Å². The maximum Gasteiger partial charge on any atom is 0.326 e. The molecular formula is C32H40ClN7O5S. The lowest BCUT2D eigenvalue weighted by atomic mass is 10.0. The second-order valence-electron chi connectivity index (χ2n) is 11.1. The van der Waals surface area contributed by atoms with Gasteiger partial charge in [0.05, 0.1) is 16.8 Å². The number of halogens is 1. The molecule has 1 heterocycles.